The molecule has 2 aliphatic heterocycles. The van der Waals surface area contributed by atoms with Gasteiger partial charge >= 0.3 is 0 Å². The normalized spacial score (nSPS) is 23.3. The molecule has 0 radical (unpaired) electrons. The van der Waals surface area contributed by atoms with Gasteiger partial charge in [-0.2, -0.15) is 0 Å². The molecule has 2 fully saturated rings. The maximum atomic E-state index is 11.8. The van der Waals surface area contributed by atoms with Crippen LogP contribution in [-0.4, -0.2) is 69.2 Å². The van der Waals surface area contributed by atoms with Crippen LogP contribution in [0.5, 0.6) is 0 Å². The number of hydrogen-bond acceptors (Lipinski definition) is 4. The van der Waals surface area contributed by atoms with E-state index >= 15 is 0 Å². The van der Waals surface area contributed by atoms with Gasteiger partial charge in [-0.15, -0.1) is 0 Å². The summed E-state index contributed by atoms with van der Waals surface area (Å²) in [5, 5.41) is 0. The lowest BCUT2D eigenvalue weighted by atomic mass is 9.79. The Morgan fingerprint density at radius 1 is 1.33 bits per heavy atom. The number of ether oxygens (including phenoxy) is 1. The monoisotopic (exact) mass is 276 g/mol. The molecule has 0 atom stereocenters. The van der Waals surface area contributed by atoms with Gasteiger partial charge in [0.05, 0.1) is 5.75 Å². The van der Waals surface area contributed by atoms with E-state index in [-0.39, 0.29) is 23.7 Å². The molecule has 0 aliphatic carbocycles. The molecular weight excluding hydrogens is 256 g/mol. The van der Waals surface area contributed by atoms with Crippen LogP contribution in [0.15, 0.2) is 0 Å². The first-order valence-corrected chi connectivity index (χ1v) is 7.78. The van der Waals surface area contributed by atoms with Gasteiger partial charge < -0.3 is 9.64 Å². The third-order valence-corrected chi connectivity index (χ3v) is 5.66. The molecule has 0 aromatic carbocycles. The van der Waals surface area contributed by atoms with Crippen molar-refractivity contribution < 1.29 is 17.9 Å². The first-order chi connectivity index (χ1) is 8.42. The van der Waals surface area contributed by atoms with E-state index in [0.717, 1.165) is 6.42 Å². The largest absolute Gasteiger partial charge is 0.375 e. The Morgan fingerprint density at radius 2 is 2.00 bits per heavy atom. The van der Waals surface area contributed by atoms with Crippen LogP contribution in [0.2, 0.25) is 0 Å². The summed E-state index contributed by atoms with van der Waals surface area (Å²) in [5.74, 6) is 0.134. The minimum atomic E-state index is -3.09. The van der Waals surface area contributed by atoms with E-state index in [1.807, 2.05) is 0 Å². The molecule has 0 N–H and O–H groups in total. The lowest BCUT2D eigenvalue weighted by Gasteiger charge is -2.47. The van der Waals surface area contributed by atoms with E-state index < -0.39 is 10.0 Å². The first kappa shape index (κ1) is 13.8. The second kappa shape index (κ2) is 4.79. The SMILES string of the molecule is CCS(=O)(=O)N1CCC2(CN(C(=O)COC)C2)C1. The molecule has 0 unspecified atom stereocenters. The summed E-state index contributed by atoms with van der Waals surface area (Å²) in [7, 11) is -1.59. The molecule has 1 spiro atoms. The van der Waals surface area contributed by atoms with E-state index in [2.05, 4.69) is 0 Å². The zero-order valence-electron chi connectivity index (χ0n) is 10.9. The first-order valence-electron chi connectivity index (χ1n) is 6.17. The number of carbonyl (C=O) groups is 1. The smallest absolute Gasteiger partial charge is 0.248 e. The summed E-state index contributed by atoms with van der Waals surface area (Å²) in [6, 6.07) is 0. The highest BCUT2D eigenvalue weighted by atomic mass is 32.2. The van der Waals surface area contributed by atoms with Crippen LogP contribution in [0.25, 0.3) is 0 Å². The topological polar surface area (TPSA) is 66.9 Å². The number of methoxy groups -OCH3 is 1. The highest BCUT2D eigenvalue weighted by Crippen LogP contribution is 2.40. The van der Waals surface area contributed by atoms with Gasteiger partial charge in [0.25, 0.3) is 0 Å². The molecule has 0 bridgehead atoms. The standard InChI is InChI=1S/C11H20N2O4S/c1-3-18(15,16)13-5-4-11(9-13)7-12(8-11)10(14)6-17-2/h3-9H2,1-2H3. The van der Waals surface area contributed by atoms with E-state index in [0.29, 0.717) is 26.2 Å². The molecule has 2 heterocycles. The molecule has 104 valence electrons. The number of likely N-dealkylation sites (tertiary alicyclic amines) is 1. The van der Waals surface area contributed by atoms with Crippen LogP contribution in [0.1, 0.15) is 13.3 Å². The van der Waals surface area contributed by atoms with Gasteiger partial charge in [-0.3, -0.25) is 4.79 Å². The van der Waals surface area contributed by atoms with Crippen molar-refractivity contribution in [2.75, 3.05) is 45.6 Å². The van der Waals surface area contributed by atoms with Crippen molar-refractivity contribution in [3.63, 3.8) is 0 Å². The number of rotatable bonds is 4. The van der Waals surface area contributed by atoms with E-state index in [1.54, 1.807) is 16.1 Å². The molecule has 0 aromatic rings. The van der Waals surface area contributed by atoms with Crippen molar-refractivity contribution in [2.45, 2.75) is 13.3 Å². The minimum absolute atomic E-state index is 0.00829. The van der Waals surface area contributed by atoms with Gasteiger partial charge in [0.1, 0.15) is 6.61 Å². The molecule has 7 heteroatoms. The molecule has 6 nitrogen and oxygen atoms in total. The Bertz CT molecular complexity index is 428. The Labute approximate surface area is 108 Å². The fourth-order valence-electron chi connectivity index (χ4n) is 2.73. The lowest BCUT2D eigenvalue weighted by Crippen LogP contribution is -2.60. The number of carbonyl (C=O) groups excluding carboxylic acids is 1. The van der Waals surface area contributed by atoms with E-state index in [1.165, 1.54) is 7.11 Å². The van der Waals surface area contributed by atoms with Crippen molar-refractivity contribution in [2.24, 2.45) is 5.41 Å². The predicted molar refractivity (Wildman–Crippen MR) is 66.5 cm³/mol. The van der Waals surface area contributed by atoms with Crippen LogP contribution < -0.4 is 0 Å². The molecule has 2 aliphatic rings. The Morgan fingerprint density at radius 3 is 2.56 bits per heavy atom. The number of amides is 1. The summed E-state index contributed by atoms with van der Waals surface area (Å²) in [5.41, 5.74) is -0.00829. The Hall–Kier alpha value is -0.660. The van der Waals surface area contributed by atoms with Crippen molar-refractivity contribution >= 4 is 15.9 Å². The summed E-state index contributed by atoms with van der Waals surface area (Å²) < 4.78 is 29.9. The van der Waals surface area contributed by atoms with Crippen LogP contribution in [0.4, 0.5) is 0 Å². The van der Waals surface area contributed by atoms with Gasteiger partial charge in [0.2, 0.25) is 15.9 Å². The van der Waals surface area contributed by atoms with Crippen LogP contribution >= 0.6 is 0 Å². The Kier molecular flexibility index (Phi) is 3.66. The second-order valence-corrected chi connectivity index (χ2v) is 7.42. The number of nitrogens with zero attached hydrogens (tertiary/aromatic N) is 2. The zero-order chi connectivity index (χ0) is 13.4. The molecule has 18 heavy (non-hydrogen) atoms. The summed E-state index contributed by atoms with van der Waals surface area (Å²) in [6.45, 7) is 4.22. The fourth-order valence-corrected chi connectivity index (χ4v) is 3.93. The van der Waals surface area contributed by atoms with Gasteiger partial charge in [-0.1, -0.05) is 0 Å². The van der Waals surface area contributed by atoms with E-state index in [4.69, 9.17) is 4.74 Å². The van der Waals surface area contributed by atoms with Crippen molar-refractivity contribution in [1.29, 1.82) is 0 Å². The van der Waals surface area contributed by atoms with Crippen molar-refractivity contribution in [1.82, 2.24) is 9.21 Å². The third kappa shape index (κ3) is 2.39. The summed E-state index contributed by atoms with van der Waals surface area (Å²) in [6.07, 6.45) is 0.850. The van der Waals surface area contributed by atoms with Crippen LogP contribution in [0, 0.1) is 5.41 Å². The fraction of sp³-hybridized carbons (Fsp3) is 0.909. The quantitative estimate of drug-likeness (QED) is 0.695. The maximum Gasteiger partial charge on any atom is 0.248 e. The minimum Gasteiger partial charge on any atom is -0.375 e. The van der Waals surface area contributed by atoms with E-state index in [9.17, 15) is 13.2 Å². The predicted octanol–water partition coefficient (Wildman–Crippen LogP) is -0.483. The number of hydrogen-bond donors (Lipinski definition) is 0. The number of sulfonamides is 1. The average Bonchev–Trinajstić information content (AvgIpc) is 2.73. The van der Waals surface area contributed by atoms with Crippen LogP contribution in [-0.2, 0) is 19.6 Å². The van der Waals surface area contributed by atoms with Crippen LogP contribution in [0.3, 0.4) is 0 Å². The molecule has 1 amide bonds. The highest BCUT2D eigenvalue weighted by molar-refractivity contribution is 7.89. The lowest BCUT2D eigenvalue weighted by molar-refractivity contribution is -0.146. The average molecular weight is 276 g/mol. The summed E-state index contributed by atoms with van der Waals surface area (Å²) >= 11 is 0. The van der Waals surface area contributed by atoms with Crippen molar-refractivity contribution in [3.8, 4) is 0 Å². The van der Waals surface area contributed by atoms with Gasteiger partial charge in [-0.25, -0.2) is 12.7 Å². The molecule has 2 saturated heterocycles. The molecule has 0 aromatic heterocycles. The third-order valence-electron chi connectivity index (χ3n) is 3.83. The van der Waals surface area contributed by atoms with Crippen molar-refractivity contribution in [3.05, 3.63) is 0 Å². The van der Waals surface area contributed by atoms with Gasteiger partial charge in [0, 0.05) is 38.7 Å². The molecular formula is C11H20N2O4S. The molecule has 0 saturated carbocycles. The second-order valence-electron chi connectivity index (χ2n) is 5.17. The zero-order valence-corrected chi connectivity index (χ0v) is 11.7. The van der Waals surface area contributed by atoms with Gasteiger partial charge in [0.15, 0.2) is 0 Å². The molecule has 2 rings (SSSR count). The van der Waals surface area contributed by atoms with Gasteiger partial charge in [-0.05, 0) is 13.3 Å². The summed E-state index contributed by atoms with van der Waals surface area (Å²) in [4.78, 5) is 13.3. The highest BCUT2D eigenvalue weighted by Gasteiger charge is 2.51. The maximum absolute atomic E-state index is 11.8. The Balaban J connectivity index is 1.90.